The molecule has 2 aliphatic rings. The summed E-state index contributed by atoms with van der Waals surface area (Å²) in [5, 5.41) is 2.15. The van der Waals surface area contributed by atoms with Crippen LogP contribution < -0.4 is 0 Å². The van der Waals surface area contributed by atoms with E-state index in [9.17, 15) is 9.18 Å². The number of ketones is 1. The minimum atomic E-state index is -0.506. The number of hydrogen-bond acceptors (Lipinski definition) is 5. The molecule has 7 heteroatoms. The Kier molecular flexibility index (Phi) is 6.74. The van der Waals surface area contributed by atoms with E-state index in [0.717, 1.165) is 36.9 Å². The second kappa shape index (κ2) is 8.86. The van der Waals surface area contributed by atoms with Gasteiger partial charge in [0, 0.05) is 47.0 Å². The molecule has 0 radical (unpaired) electrons. The van der Waals surface area contributed by atoms with E-state index in [1.54, 1.807) is 12.1 Å². The van der Waals surface area contributed by atoms with Gasteiger partial charge in [0.2, 0.25) is 0 Å². The van der Waals surface area contributed by atoms with Crippen LogP contribution in [0.5, 0.6) is 0 Å². The second-order valence-corrected chi connectivity index (χ2v) is 8.33. The van der Waals surface area contributed by atoms with Gasteiger partial charge in [-0.1, -0.05) is 24.3 Å². The molecule has 2 atom stereocenters. The van der Waals surface area contributed by atoms with Crippen LogP contribution in [0, 0.1) is 11.7 Å². The first-order valence-electron chi connectivity index (χ1n) is 8.93. The average molecular weight is 425 g/mol. The summed E-state index contributed by atoms with van der Waals surface area (Å²) >= 11 is 6.13. The van der Waals surface area contributed by atoms with Crippen molar-refractivity contribution in [1.82, 2.24) is 9.27 Å². The van der Waals surface area contributed by atoms with Crippen molar-refractivity contribution < 1.29 is 9.18 Å². The van der Waals surface area contributed by atoms with Gasteiger partial charge in [-0.15, -0.1) is 12.4 Å². The van der Waals surface area contributed by atoms with Crippen molar-refractivity contribution in [1.29, 1.82) is 0 Å². The number of piperidine rings is 1. The van der Waals surface area contributed by atoms with Crippen molar-refractivity contribution in [3.8, 4) is 0 Å². The summed E-state index contributed by atoms with van der Waals surface area (Å²) in [7, 11) is 0. The van der Waals surface area contributed by atoms with Gasteiger partial charge < -0.3 is 0 Å². The highest BCUT2D eigenvalue weighted by molar-refractivity contribution is 7.81. The first-order valence-corrected chi connectivity index (χ1v) is 10.3. The predicted molar refractivity (Wildman–Crippen MR) is 113 cm³/mol. The van der Waals surface area contributed by atoms with E-state index in [-0.39, 0.29) is 35.2 Å². The van der Waals surface area contributed by atoms with Crippen LogP contribution >= 0.6 is 36.6 Å². The van der Waals surface area contributed by atoms with Crippen LogP contribution in [0.25, 0.3) is 6.08 Å². The number of aromatic nitrogens is 1. The lowest BCUT2D eigenvalue weighted by molar-refractivity contribution is -0.126. The van der Waals surface area contributed by atoms with E-state index < -0.39 is 6.04 Å². The Morgan fingerprint density at radius 1 is 1.33 bits per heavy atom. The maximum atomic E-state index is 14.5. The molecule has 1 aromatic carbocycles. The number of hydrogen-bond donors (Lipinski definition) is 1. The first-order chi connectivity index (χ1) is 12.6. The number of halogens is 2. The summed E-state index contributed by atoms with van der Waals surface area (Å²) < 4.78 is 18.6. The van der Waals surface area contributed by atoms with Crippen LogP contribution in [0.4, 0.5) is 4.39 Å². The van der Waals surface area contributed by atoms with Crippen LogP contribution in [0.15, 0.2) is 41.4 Å². The molecule has 0 spiro atoms. The molecule has 0 bridgehead atoms. The highest BCUT2D eigenvalue weighted by Gasteiger charge is 2.40. The normalized spacial score (nSPS) is 23.0. The lowest BCUT2D eigenvalue weighted by Crippen LogP contribution is -2.42. The van der Waals surface area contributed by atoms with Crippen molar-refractivity contribution in [2.75, 3.05) is 13.1 Å². The fourth-order valence-electron chi connectivity index (χ4n) is 3.57. The van der Waals surface area contributed by atoms with Gasteiger partial charge in [0.25, 0.3) is 0 Å². The molecule has 2 heterocycles. The number of Topliss-reactive ketones (excluding diaryl/α,β-unsaturated/α-hetero) is 1. The molecule has 27 heavy (non-hydrogen) atoms. The van der Waals surface area contributed by atoms with Crippen LogP contribution in [0.3, 0.4) is 0 Å². The van der Waals surface area contributed by atoms with Crippen molar-refractivity contribution in [3.05, 3.63) is 58.4 Å². The fourth-order valence-corrected chi connectivity index (χ4v) is 4.34. The van der Waals surface area contributed by atoms with E-state index in [4.69, 9.17) is 12.6 Å². The van der Waals surface area contributed by atoms with Crippen LogP contribution in [0.2, 0.25) is 0 Å². The predicted octanol–water partition coefficient (Wildman–Crippen LogP) is 4.81. The summed E-state index contributed by atoms with van der Waals surface area (Å²) in [6.45, 7) is 1.37. The zero-order valence-electron chi connectivity index (χ0n) is 14.8. The van der Waals surface area contributed by atoms with Crippen molar-refractivity contribution in [2.24, 2.45) is 5.92 Å². The molecule has 1 aliphatic heterocycles. The molecular weight excluding hydrogens is 403 g/mol. The number of carbonyl (C=O) groups excluding carboxylic acids is 1. The largest absolute Gasteiger partial charge is 0.297 e. The monoisotopic (exact) mass is 424 g/mol. The lowest BCUT2D eigenvalue weighted by atomic mass is 9.93. The highest BCUT2D eigenvalue weighted by Crippen LogP contribution is 2.39. The first kappa shape index (κ1) is 20.5. The smallest absolute Gasteiger partial charge is 0.157 e. The minimum absolute atomic E-state index is 0. The standard InChI is InChI=1S/C20H21FN2OS2.ClH/c21-17-4-2-1-3-16(17)19(20(24)14-5-6-14)23-8-7-18(25)15(11-23)9-13-10-22-26-12-13;/h1-4,9-10,12,14,18-19,25H,5-8,11H2;1H/b15-9+;. The molecule has 0 amide bonds. The molecule has 1 saturated heterocycles. The topological polar surface area (TPSA) is 33.2 Å². The third-order valence-corrected chi connectivity index (χ3v) is 6.32. The van der Waals surface area contributed by atoms with Gasteiger partial charge in [-0.2, -0.15) is 12.6 Å². The molecule has 1 aromatic heterocycles. The third-order valence-electron chi connectivity index (χ3n) is 5.12. The molecule has 3 nitrogen and oxygen atoms in total. The van der Waals surface area contributed by atoms with E-state index >= 15 is 0 Å². The van der Waals surface area contributed by atoms with E-state index in [1.165, 1.54) is 17.6 Å². The quantitative estimate of drug-likeness (QED) is 0.699. The van der Waals surface area contributed by atoms with Gasteiger partial charge in [-0.3, -0.25) is 9.69 Å². The molecular formula is C20H22ClFN2OS2. The minimum Gasteiger partial charge on any atom is -0.297 e. The second-order valence-electron chi connectivity index (χ2n) is 7.05. The summed E-state index contributed by atoms with van der Waals surface area (Å²) in [6.07, 6.45) is 6.63. The molecule has 144 valence electrons. The van der Waals surface area contributed by atoms with Crippen LogP contribution in [-0.4, -0.2) is 33.4 Å². The molecule has 1 aliphatic carbocycles. The maximum absolute atomic E-state index is 14.5. The van der Waals surface area contributed by atoms with E-state index in [1.807, 2.05) is 17.6 Å². The molecule has 1 saturated carbocycles. The third kappa shape index (κ3) is 4.62. The molecule has 2 fully saturated rings. The molecule has 0 N–H and O–H groups in total. The number of rotatable bonds is 5. The molecule has 4 rings (SSSR count). The Bertz CT molecular complexity index is 823. The van der Waals surface area contributed by atoms with Gasteiger partial charge in [0.1, 0.15) is 5.82 Å². The number of thiol groups is 1. The van der Waals surface area contributed by atoms with E-state index in [0.29, 0.717) is 12.1 Å². The van der Waals surface area contributed by atoms with Gasteiger partial charge >= 0.3 is 0 Å². The highest BCUT2D eigenvalue weighted by atomic mass is 35.5. The molecule has 2 unspecified atom stereocenters. The lowest BCUT2D eigenvalue weighted by Gasteiger charge is -2.37. The van der Waals surface area contributed by atoms with Gasteiger partial charge in [0.15, 0.2) is 5.78 Å². The Labute approximate surface area is 174 Å². The van der Waals surface area contributed by atoms with Crippen molar-refractivity contribution in [2.45, 2.75) is 30.6 Å². The zero-order valence-corrected chi connectivity index (χ0v) is 17.3. The summed E-state index contributed by atoms with van der Waals surface area (Å²) in [4.78, 5) is 15.1. The van der Waals surface area contributed by atoms with Crippen molar-refractivity contribution in [3.63, 3.8) is 0 Å². The number of benzene rings is 1. The Hall–Kier alpha value is -1.21. The van der Waals surface area contributed by atoms with Gasteiger partial charge in [0.05, 0.1) is 6.04 Å². The summed E-state index contributed by atoms with van der Waals surface area (Å²) in [6, 6.07) is 6.17. The summed E-state index contributed by atoms with van der Waals surface area (Å²) in [5.74, 6) is -0.0573. The van der Waals surface area contributed by atoms with Crippen molar-refractivity contribution >= 4 is 48.4 Å². The average Bonchev–Trinajstić information content (AvgIpc) is 3.37. The summed E-state index contributed by atoms with van der Waals surface area (Å²) in [5.41, 5.74) is 2.71. The molecule has 2 aromatic rings. The SMILES string of the molecule is Cl.O=C(C1CC1)C(c1ccccc1F)N1CCC(S)/C(=C/c2cnsc2)C1. The maximum Gasteiger partial charge on any atom is 0.157 e. The Morgan fingerprint density at radius 3 is 2.78 bits per heavy atom. The van der Waals surface area contributed by atoms with Gasteiger partial charge in [-0.05, 0) is 42.4 Å². The number of nitrogens with zero attached hydrogens (tertiary/aromatic N) is 2. The van der Waals surface area contributed by atoms with E-state index in [2.05, 4.69) is 15.3 Å². The number of likely N-dealkylation sites (tertiary alicyclic amines) is 1. The Balaban J connectivity index is 0.00000210. The van der Waals surface area contributed by atoms with Gasteiger partial charge in [-0.25, -0.2) is 8.76 Å². The Morgan fingerprint density at radius 2 is 2.11 bits per heavy atom. The fraction of sp³-hybridized carbons (Fsp3) is 0.400. The number of carbonyl (C=O) groups is 1. The van der Waals surface area contributed by atoms with Crippen LogP contribution in [0.1, 0.15) is 36.4 Å². The zero-order chi connectivity index (χ0) is 18.1. The van der Waals surface area contributed by atoms with Crippen LogP contribution in [-0.2, 0) is 4.79 Å².